The zero-order valence-electron chi connectivity index (χ0n) is 9.64. The fraction of sp³-hybridized carbons (Fsp3) is 0.333. The fourth-order valence-corrected chi connectivity index (χ4v) is 2.41. The van der Waals surface area contributed by atoms with Gasteiger partial charge in [0.05, 0.1) is 11.6 Å². The van der Waals surface area contributed by atoms with Crippen molar-refractivity contribution in [2.45, 2.75) is 13.0 Å². The van der Waals surface area contributed by atoms with Crippen LogP contribution >= 0.6 is 0 Å². The van der Waals surface area contributed by atoms with Crippen LogP contribution in [-0.2, 0) is 0 Å². The third-order valence-corrected chi connectivity index (χ3v) is 3.19. The van der Waals surface area contributed by atoms with Crippen LogP contribution in [0.1, 0.15) is 23.6 Å². The summed E-state index contributed by atoms with van der Waals surface area (Å²) in [6.45, 7) is 2.62. The van der Waals surface area contributed by atoms with Crippen LogP contribution in [0.3, 0.4) is 0 Å². The highest BCUT2D eigenvalue weighted by Gasteiger charge is 2.30. The molecule has 2 heterocycles. The topological polar surface area (TPSA) is 38.1 Å². The van der Waals surface area contributed by atoms with Gasteiger partial charge in [-0.1, -0.05) is 6.07 Å². The summed E-state index contributed by atoms with van der Waals surface area (Å²) < 4.78 is 15.4. The van der Waals surface area contributed by atoms with Crippen LogP contribution < -0.4 is 0 Å². The predicted molar refractivity (Wildman–Crippen MR) is 61.4 cm³/mol. The summed E-state index contributed by atoms with van der Waals surface area (Å²) in [5.41, 5.74) is 0.965. The fourth-order valence-electron chi connectivity index (χ4n) is 2.41. The molecule has 1 amide bonds. The maximum Gasteiger partial charge on any atom is 0.289 e. The summed E-state index contributed by atoms with van der Waals surface area (Å²) >= 11 is 0. The molecule has 0 spiro atoms. The van der Waals surface area contributed by atoms with E-state index in [1.54, 1.807) is 24.1 Å². The van der Waals surface area contributed by atoms with Crippen LogP contribution in [0.15, 0.2) is 18.2 Å². The molecule has 0 saturated heterocycles. The Bertz CT molecular complexity index is 619. The molecule has 1 aromatic heterocycles. The van der Waals surface area contributed by atoms with E-state index in [1.165, 1.54) is 6.07 Å². The molecule has 1 aliphatic rings. The van der Waals surface area contributed by atoms with Gasteiger partial charge in [-0.05, 0) is 19.1 Å². The second-order valence-corrected chi connectivity index (χ2v) is 4.45. The molecule has 0 saturated carbocycles. The number of carbonyl (C=O) groups is 1. The highest BCUT2D eigenvalue weighted by atomic mass is 19.1. The first-order chi connectivity index (χ1) is 8.09. The van der Waals surface area contributed by atoms with E-state index in [1.807, 2.05) is 11.5 Å². The van der Waals surface area contributed by atoms with Gasteiger partial charge in [0.2, 0.25) is 5.82 Å². The molecule has 0 fully saturated rings. The molecular formula is C12H12FN3O. The molecule has 2 aromatic rings. The molecular weight excluding hydrogens is 221 g/mol. The lowest BCUT2D eigenvalue weighted by Crippen LogP contribution is -2.39. The second kappa shape index (κ2) is 3.29. The van der Waals surface area contributed by atoms with Gasteiger partial charge in [-0.3, -0.25) is 4.79 Å². The van der Waals surface area contributed by atoms with Gasteiger partial charge in [-0.2, -0.15) is 0 Å². The molecule has 0 aliphatic carbocycles. The molecule has 0 N–H and O–H groups in total. The van der Waals surface area contributed by atoms with E-state index < -0.39 is 0 Å². The summed E-state index contributed by atoms with van der Waals surface area (Å²) in [6, 6.07) is 4.91. The zero-order valence-corrected chi connectivity index (χ0v) is 9.64. The summed E-state index contributed by atoms with van der Waals surface area (Å²) in [5, 5.41) is 0. The Morgan fingerprint density at radius 3 is 3.00 bits per heavy atom. The molecule has 4 nitrogen and oxygen atoms in total. The van der Waals surface area contributed by atoms with Crippen molar-refractivity contribution in [2.75, 3.05) is 13.6 Å². The van der Waals surface area contributed by atoms with Crippen molar-refractivity contribution in [1.82, 2.24) is 14.5 Å². The minimum absolute atomic E-state index is 0.111. The van der Waals surface area contributed by atoms with Gasteiger partial charge in [0.25, 0.3) is 5.91 Å². The number of benzene rings is 1. The molecule has 5 heteroatoms. The highest BCUT2D eigenvalue weighted by molar-refractivity contribution is 5.95. The van der Waals surface area contributed by atoms with Crippen molar-refractivity contribution in [1.29, 1.82) is 0 Å². The number of likely N-dealkylation sites (N-methyl/N-ethyl adjacent to an activating group) is 1. The summed E-state index contributed by atoms with van der Waals surface area (Å²) in [4.78, 5) is 17.7. The molecule has 1 atom stereocenters. The van der Waals surface area contributed by atoms with E-state index in [-0.39, 0.29) is 23.3 Å². The molecule has 0 radical (unpaired) electrons. The van der Waals surface area contributed by atoms with Crippen molar-refractivity contribution in [2.24, 2.45) is 0 Å². The maximum atomic E-state index is 13.6. The lowest BCUT2D eigenvalue weighted by atomic mass is 10.2. The quantitative estimate of drug-likeness (QED) is 0.696. The van der Waals surface area contributed by atoms with Crippen molar-refractivity contribution in [3.05, 3.63) is 29.8 Å². The summed E-state index contributed by atoms with van der Waals surface area (Å²) in [5.74, 6) is -0.211. The average molecular weight is 233 g/mol. The largest absolute Gasteiger partial charge is 0.337 e. The number of imidazole rings is 1. The van der Waals surface area contributed by atoms with Gasteiger partial charge in [-0.25, -0.2) is 9.37 Å². The molecule has 3 rings (SSSR count). The van der Waals surface area contributed by atoms with E-state index in [9.17, 15) is 9.18 Å². The SMILES string of the molecule is CC1CN(C)C(=O)c2nc3c(F)cccc3n21. The van der Waals surface area contributed by atoms with E-state index in [0.717, 1.165) is 0 Å². The standard InChI is InChI=1S/C12H12FN3O/c1-7-6-15(2)12(17)11-14-10-8(13)4-3-5-9(10)16(7)11/h3-5,7H,6H2,1-2H3. The van der Waals surface area contributed by atoms with Crippen molar-refractivity contribution in [3.8, 4) is 0 Å². The second-order valence-electron chi connectivity index (χ2n) is 4.45. The third kappa shape index (κ3) is 1.28. The van der Waals surface area contributed by atoms with Crippen LogP contribution in [0.25, 0.3) is 11.0 Å². The van der Waals surface area contributed by atoms with Gasteiger partial charge in [0.1, 0.15) is 5.52 Å². The van der Waals surface area contributed by atoms with E-state index in [4.69, 9.17) is 0 Å². The number of nitrogens with zero attached hydrogens (tertiary/aromatic N) is 3. The van der Waals surface area contributed by atoms with Crippen LogP contribution in [0, 0.1) is 5.82 Å². The van der Waals surface area contributed by atoms with E-state index in [2.05, 4.69) is 4.98 Å². The first kappa shape index (κ1) is 10.3. The molecule has 1 aliphatic heterocycles. The highest BCUT2D eigenvalue weighted by Crippen LogP contribution is 2.27. The van der Waals surface area contributed by atoms with Gasteiger partial charge in [-0.15, -0.1) is 0 Å². The van der Waals surface area contributed by atoms with Crippen molar-refractivity contribution >= 4 is 16.9 Å². The lowest BCUT2D eigenvalue weighted by molar-refractivity contribution is 0.0719. The van der Waals surface area contributed by atoms with Crippen LogP contribution in [0.2, 0.25) is 0 Å². The van der Waals surface area contributed by atoms with Gasteiger partial charge in [0, 0.05) is 13.6 Å². The Labute approximate surface area is 97.7 Å². The van der Waals surface area contributed by atoms with E-state index >= 15 is 0 Å². The first-order valence-electron chi connectivity index (χ1n) is 5.51. The molecule has 17 heavy (non-hydrogen) atoms. The third-order valence-electron chi connectivity index (χ3n) is 3.19. The zero-order chi connectivity index (χ0) is 12.2. The Morgan fingerprint density at radius 2 is 2.24 bits per heavy atom. The Morgan fingerprint density at radius 1 is 1.47 bits per heavy atom. The summed E-state index contributed by atoms with van der Waals surface area (Å²) in [6.07, 6.45) is 0. The number of hydrogen-bond acceptors (Lipinski definition) is 2. The number of aromatic nitrogens is 2. The minimum atomic E-state index is -0.382. The maximum absolute atomic E-state index is 13.6. The number of rotatable bonds is 0. The van der Waals surface area contributed by atoms with Gasteiger partial charge in [0.15, 0.2) is 5.82 Å². The van der Waals surface area contributed by atoms with Crippen molar-refractivity contribution in [3.63, 3.8) is 0 Å². The van der Waals surface area contributed by atoms with Gasteiger partial charge < -0.3 is 9.47 Å². The molecule has 1 unspecified atom stereocenters. The van der Waals surface area contributed by atoms with Crippen LogP contribution in [-0.4, -0.2) is 34.0 Å². The minimum Gasteiger partial charge on any atom is -0.337 e. The normalized spacial score (nSPS) is 19.8. The van der Waals surface area contributed by atoms with E-state index in [0.29, 0.717) is 17.9 Å². The average Bonchev–Trinajstić information content (AvgIpc) is 2.67. The predicted octanol–water partition coefficient (Wildman–Crippen LogP) is 1.82. The number of fused-ring (bicyclic) bond motifs is 3. The molecule has 88 valence electrons. The number of halogens is 1. The Balaban J connectivity index is 2.37. The van der Waals surface area contributed by atoms with Crippen molar-refractivity contribution < 1.29 is 9.18 Å². The summed E-state index contributed by atoms with van der Waals surface area (Å²) in [7, 11) is 1.73. The first-order valence-corrected chi connectivity index (χ1v) is 5.51. The molecule has 0 bridgehead atoms. The lowest BCUT2D eigenvalue weighted by Gasteiger charge is -2.29. The molecule has 1 aromatic carbocycles. The number of amides is 1. The Kier molecular flexibility index (Phi) is 1.98. The Hall–Kier alpha value is -1.91. The number of hydrogen-bond donors (Lipinski definition) is 0. The van der Waals surface area contributed by atoms with Crippen LogP contribution in [0.5, 0.6) is 0 Å². The number of carbonyl (C=O) groups excluding carboxylic acids is 1. The smallest absolute Gasteiger partial charge is 0.289 e. The van der Waals surface area contributed by atoms with Gasteiger partial charge >= 0.3 is 0 Å². The number of para-hydroxylation sites is 1. The monoisotopic (exact) mass is 233 g/mol. The van der Waals surface area contributed by atoms with Crippen LogP contribution in [0.4, 0.5) is 4.39 Å².